The molecule has 0 atom stereocenters. The van der Waals surface area contributed by atoms with E-state index in [2.05, 4.69) is 15.3 Å². The van der Waals surface area contributed by atoms with E-state index >= 15 is 0 Å². The first-order chi connectivity index (χ1) is 9.58. The lowest BCUT2D eigenvalue weighted by molar-refractivity contribution is 0.0966. The molecule has 7 nitrogen and oxygen atoms in total. The Kier molecular flexibility index (Phi) is 2.60. The molecule has 1 aliphatic heterocycles. The van der Waals surface area contributed by atoms with Crippen LogP contribution >= 0.6 is 0 Å². The lowest BCUT2D eigenvalue weighted by atomic mass is 9.99. The number of carbonyl (C=O) groups excluding carboxylic acids is 1. The number of hydrogen-bond donors (Lipinski definition) is 4. The van der Waals surface area contributed by atoms with Gasteiger partial charge in [-0.2, -0.15) is 0 Å². The molecule has 0 bridgehead atoms. The van der Waals surface area contributed by atoms with Gasteiger partial charge in [0.15, 0.2) is 0 Å². The van der Waals surface area contributed by atoms with Crippen LogP contribution in [0.15, 0.2) is 24.5 Å². The molecular formula is C13H12N6O. The fourth-order valence-electron chi connectivity index (χ4n) is 2.20. The van der Waals surface area contributed by atoms with Gasteiger partial charge >= 0.3 is 0 Å². The van der Waals surface area contributed by atoms with Crippen molar-refractivity contribution in [3.8, 4) is 0 Å². The van der Waals surface area contributed by atoms with Gasteiger partial charge in [-0.05, 0) is 17.7 Å². The molecule has 6 N–H and O–H groups in total. The van der Waals surface area contributed by atoms with Crippen LogP contribution in [-0.4, -0.2) is 21.6 Å². The lowest BCUT2D eigenvalue weighted by Crippen LogP contribution is -2.12. The van der Waals surface area contributed by atoms with Gasteiger partial charge in [-0.1, -0.05) is 6.07 Å². The number of carbonyl (C=O) groups is 1. The van der Waals surface area contributed by atoms with E-state index in [0.717, 1.165) is 5.56 Å². The van der Waals surface area contributed by atoms with E-state index in [-0.39, 0.29) is 23.3 Å². The second kappa shape index (κ2) is 4.30. The molecule has 0 unspecified atom stereocenters. The number of aromatic nitrogens is 2. The van der Waals surface area contributed by atoms with Gasteiger partial charge in [0, 0.05) is 17.7 Å². The third kappa shape index (κ3) is 1.76. The van der Waals surface area contributed by atoms with Crippen LogP contribution in [-0.2, 0) is 6.54 Å². The molecule has 1 amide bonds. The molecule has 100 valence electrons. The first-order valence-electron chi connectivity index (χ1n) is 5.94. The second-order valence-electron chi connectivity index (χ2n) is 4.45. The summed E-state index contributed by atoms with van der Waals surface area (Å²) in [6.45, 7) is 0.464. The minimum absolute atomic E-state index is 0.0971. The van der Waals surface area contributed by atoms with Gasteiger partial charge in [0.2, 0.25) is 0 Å². The number of nitrogens with two attached hydrogens (primary N) is 2. The molecule has 0 radical (unpaired) electrons. The second-order valence-corrected chi connectivity index (χ2v) is 4.45. The Hall–Kier alpha value is -2.96. The molecule has 1 aromatic carbocycles. The molecule has 20 heavy (non-hydrogen) atoms. The Morgan fingerprint density at radius 2 is 1.95 bits per heavy atom. The largest absolute Gasteiger partial charge is 0.383 e. The number of nitrogens with one attached hydrogen (secondary N) is 2. The summed E-state index contributed by atoms with van der Waals surface area (Å²) < 4.78 is 0. The monoisotopic (exact) mass is 268 g/mol. The predicted octanol–water partition coefficient (Wildman–Crippen LogP) is 0.301. The number of anilines is 2. The first kappa shape index (κ1) is 12.1. The smallest absolute Gasteiger partial charge is 0.251 e. The van der Waals surface area contributed by atoms with Crippen LogP contribution in [0.25, 0.3) is 0 Å². The molecule has 1 aliphatic rings. The van der Waals surface area contributed by atoms with E-state index in [4.69, 9.17) is 16.9 Å². The van der Waals surface area contributed by atoms with Crippen molar-refractivity contribution in [1.82, 2.24) is 15.3 Å². The van der Waals surface area contributed by atoms with Crippen LogP contribution in [0.4, 0.5) is 11.6 Å². The van der Waals surface area contributed by atoms with Crippen LogP contribution in [0.3, 0.4) is 0 Å². The number of fused-ring (bicyclic) bond motifs is 1. The van der Waals surface area contributed by atoms with Crippen LogP contribution in [0.2, 0.25) is 0 Å². The summed E-state index contributed by atoms with van der Waals surface area (Å²) in [7, 11) is 0. The first-order valence-corrected chi connectivity index (χ1v) is 5.94. The molecule has 2 aromatic rings. The predicted molar refractivity (Wildman–Crippen MR) is 74.4 cm³/mol. The molecule has 0 aliphatic carbocycles. The Morgan fingerprint density at radius 3 is 2.65 bits per heavy atom. The average molecular weight is 268 g/mol. The van der Waals surface area contributed by atoms with Crippen LogP contribution < -0.4 is 16.8 Å². The Bertz CT molecular complexity index is 719. The van der Waals surface area contributed by atoms with Gasteiger partial charge in [0.05, 0.1) is 11.3 Å². The molecule has 3 rings (SSSR count). The highest BCUT2D eigenvalue weighted by molar-refractivity contribution is 6.16. The maximum Gasteiger partial charge on any atom is 0.251 e. The number of nitrogens with zero attached hydrogens (tertiary/aromatic N) is 2. The summed E-state index contributed by atoms with van der Waals surface area (Å²) in [5, 5.41) is 11.0. The normalized spacial score (nSPS) is 12.9. The van der Waals surface area contributed by atoms with Crippen molar-refractivity contribution in [3.05, 3.63) is 46.8 Å². The van der Waals surface area contributed by atoms with Gasteiger partial charge in [0.25, 0.3) is 5.91 Å². The Labute approximate surface area is 114 Å². The van der Waals surface area contributed by atoms with Crippen molar-refractivity contribution in [2.24, 2.45) is 0 Å². The maximum absolute atomic E-state index is 11.5. The summed E-state index contributed by atoms with van der Waals surface area (Å²) in [6.07, 6.45) is 1.26. The summed E-state index contributed by atoms with van der Waals surface area (Å²) in [5.41, 5.74) is 14.1. The summed E-state index contributed by atoms with van der Waals surface area (Å²) in [4.78, 5) is 19.2. The van der Waals surface area contributed by atoms with Crippen molar-refractivity contribution in [3.63, 3.8) is 0 Å². The molecular weight excluding hydrogens is 256 g/mol. The standard InChI is InChI=1S/C13H12N6O/c14-10(9-11(15)18-5-19-12(9)16)6-1-2-8-7(3-6)4-17-13(8)20/h1-3,5,14H,4H2,(H,17,20)(H4,15,16,18,19). The topological polar surface area (TPSA) is 131 Å². The van der Waals surface area contributed by atoms with E-state index in [0.29, 0.717) is 23.2 Å². The minimum Gasteiger partial charge on any atom is -0.383 e. The number of benzene rings is 1. The molecule has 0 saturated carbocycles. The van der Waals surface area contributed by atoms with E-state index in [1.54, 1.807) is 18.2 Å². The maximum atomic E-state index is 11.5. The van der Waals surface area contributed by atoms with E-state index in [1.807, 2.05) is 0 Å². The molecule has 0 saturated heterocycles. The average Bonchev–Trinajstić information content (AvgIpc) is 2.79. The van der Waals surface area contributed by atoms with Crippen molar-refractivity contribution < 1.29 is 4.79 Å². The fourth-order valence-corrected chi connectivity index (χ4v) is 2.20. The van der Waals surface area contributed by atoms with Crippen molar-refractivity contribution in [2.45, 2.75) is 6.54 Å². The zero-order chi connectivity index (χ0) is 14.3. The van der Waals surface area contributed by atoms with E-state index in [9.17, 15) is 4.79 Å². The number of hydrogen-bond acceptors (Lipinski definition) is 6. The van der Waals surface area contributed by atoms with E-state index < -0.39 is 0 Å². The van der Waals surface area contributed by atoms with Crippen LogP contribution in [0.5, 0.6) is 0 Å². The SMILES string of the molecule is N=C(c1ccc2c(c1)CNC2=O)c1c(N)ncnc1N. The molecule has 1 aromatic heterocycles. The molecule has 7 heteroatoms. The molecule has 0 spiro atoms. The van der Waals surface area contributed by atoms with Gasteiger partial charge < -0.3 is 16.8 Å². The summed E-state index contributed by atoms with van der Waals surface area (Å²) in [5.74, 6) is 0.231. The highest BCUT2D eigenvalue weighted by Crippen LogP contribution is 2.22. The van der Waals surface area contributed by atoms with Gasteiger partial charge in [-0.15, -0.1) is 0 Å². The minimum atomic E-state index is -0.0971. The Balaban J connectivity index is 2.06. The van der Waals surface area contributed by atoms with Crippen molar-refractivity contribution >= 4 is 23.3 Å². The molecule has 2 heterocycles. The zero-order valence-electron chi connectivity index (χ0n) is 10.5. The third-order valence-corrected chi connectivity index (χ3v) is 3.23. The quantitative estimate of drug-likeness (QED) is 0.582. The van der Waals surface area contributed by atoms with Crippen LogP contribution in [0, 0.1) is 5.41 Å². The summed E-state index contributed by atoms with van der Waals surface area (Å²) in [6, 6.07) is 5.16. The van der Waals surface area contributed by atoms with Crippen molar-refractivity contribution in [1.29, 1.82) is 5.41 Å². The zero-order valence-corrected chi connectivity index (χ0v) is 10.5. The highest BCUT2D eigenvalue weighted by Gasteiger charge is 2.21. The lowest BCUT2D eigenvalue weighted by Gasteiger charge is -2.09. The van der Waals surface area contributed by atoms with Gasteiger partial charge in [0.1, 0.15) is 18.0 Å². The fraction of sp³-hybridized carbons (Fsp3) is 0.0769. The number of amides is 1. The molecule has 0 fully saturated rings. The number of rotatable bonds is 2. The Morgan fingerprint density at radius 1 is 1.25 bits per heavy atom. The van der Waals surface area contributed by atoms with Crippen LogP contribution in [0.1, 0.15) is 27.0 Å². The highest BCUT2D eigenvalue weighted by atomic mass is 16.1. The van der Waals surface area contributed by atoms with Gasteiger partial charge in [-0.25, -0.2) is 9.97 Å². The number of nitrogen functional groups attached to an aromatic ring is 2. The van der Waals surface area contributed by atoms with Gasteiger partial charge in [-0.3, -0.25) is 10.2 Å². The summed E-state index contributed by atoms with van der Waals surface area (Å²) >= 11 is 0. The van der Waals surface area contributed by atoms with Crippen molar-refractivity contribution in [2.75, 3.05) is 11.5 Å². The van der Waals surface area contributed by atoms with E-state index in [1.165, 1.54) is 6.33 Å². The third-order valence-electron chi connectivity index (χ3n) is 3.23.